The number of nitrogens with one attached hydrogen (secondary N) is 3. The zero-order valence-corrected chi connectivity index (χ0v) is 22.6. The lowest BCUT2D eigenvalue weighted by Gasteiger charge is -2.14. The Balaban J connectivity index is 1.60. The highest BCUT2D eigenvalue weighted by molar-refractivity contribution is 7.11. The molecule has 8 nitrogen and oxygen atoms in total. The number of anilines is 1. The number of nitrogens with zero attached hydrogens (tertiary/aromatic N) is 1. The average Bonchev–Trinajstić information content (AvgIpc) is 3.64. The van der Waals surface area contributed by atoms with Crippen molar-refractivity contribution in [1.82, 2.24) is 15.3 Å². The Kier molecular flexibility index (Phi) is 7.44. The van der Waals surface area contributed by atoms with Gasteiger partial charge in [-0.05, 0) is 60.2 Å². The molecule has 0 saturated heterocycles. The fourth-order valence-corrected chi connectivity index (χ4v) is 5.18. The van der Waals surface area contributed by atoms with Gasteiger partial charge in [-0.25, -0.2) is 4.98 Å². The summed E-state index contributed by atoms with van der Waals surface area (Å²) in [6.45, 7) is 3.83. The molecule has 0 aliphatic carbocycles. The van der Waals surface area contributed by atoms with Gasteiger partial charge in [0, 0.05) is 40.5 Å². The summed E-state index contributed by atoms with van der Waals surface area (Å²) in [6.07, 6.45) is 1.59. The summed E-state index contributed by atoms with van der Waals surface area (Å²) >= 11 is 1.27. The first-order valence-electron chi connectivity index (χ1n) is 12.4. The van der Waals surface area contributed by atoms with E-state index >= 15 is 0 Å². The zero-order chi connectivity index (χ0) is 28.2. The van der Waals surface area contributed by atoms with Gasteiger partial charge in [0.25, 0.3) is 17.7 Å². The highest BCUT2D eigenvalue weighted by Crippen LogP contribution is 2.38. The van der Waals surface area contributed by atoms with Crippen molar-refractivity contribution in [3.8, 4) is 34.2 Å². The average molecular weight is 548 g/mol. The van der Waals surface area contributed by atoms with E-state index in [2.05, 4.69) is 32.4 Å². The van der Waals surface area contributed by atoms with Crippen LogP contribution in [0.3, 0.4) is 0 Å². The second-order valence-corrected chi connectivity index (χ2v) is 9.88. The smallest absolute Gasteiger partial charge is 0.296 e. The second-order valence-electron chi connectivity index (χ2n) is 8.98. The van der Waals surface area contributed by atoms with Crippen molar-refractivity contribution in [2.45, 2.75) is 20.4 Å². The Bertz CT molecular complexity index is 1830. The first kappa shape index (κ1) is 26.4. The molecule has 3 amide bonds. The molecular formula is C31H25N5O3S. The van der Waals surface area contributed by atoms with Crippen molar-refractivity contribution >= 4 is 45.6 Å². The van der Waals surface area contributed by atoms with Gasteiger partial charge in [-0.3, -0.25) is 14.4 Å². The summed E-state index contributed by atoms with van der Waals surface area (Å²) in [7, 11) is 0. The molecule has 0 saturated carbocycles. The molecule has 2 aromatic heterocycles. The maximum absolute atomic E-state index is 12.7. The molecule has 0 aliphatic rings. The summed E-state index contributed by atoms with van der Waals surface area (Å²) in [6, 6.07) is 18.9. The highest BCUT2D eigenvalue weighted by Gasteiger charge is 2.19. The van der Waals surface area contributed by atoms with E-state index in [0.717, 1.165) is 38.9 Å². The van der Waals surface area contributed by atoms with Crippen LogP contribution in [0.5, 0.6) is 0 Å². The minimum absolute atomic E-state index is 0.276. The van der Waals surface area contributed by atoms with Crippen molar-refractivity contribution in [3.63, 3.8) is 0 Å². The van der Waals surface area contributed by atoms with Gasteiger partial charge in [0.2, 0.25) is 0 Å². The number of thiazole rings is 1. The van der Waals surface area contributed by atoms with Gasteiger partial charge >= 0.3 is 0 Å². The van der Waals surface area contributed by atoms with E-state index in [1.807, 2.05) is 61.5 Å². The Labute approximate surface area is 234 Å². The van der Waals surface area contributed by atoms with E-state index in [1.54, 1.807) is 24.6 Å². The molecule has 5 rings (SSSR count). The van der Waals surface area contributed by atoms with Gasteiger partial charge in [0.05, 0.1) is 11.1 Å². The van der Waals surface area contributed by atoms with Crippen LogP contribution in [0.4, 0.5) is 5.69 Å². The van der Waals surface area contributed by atoms with E-state index in [4.69, 9.17) is 5.73 Å². The van der Waals surface area contributed by atoms with Crippen molar-refractivity contribution in [2.24, 2.45) is 5.73 Å². The van der Waals surface area contributed by atoms with E-state index in [0.29, 0.717) is 21.8 Å². The number of amides is 3. The standard InChI is InChI=1S/C31H25N5O3S/c1-3-7-27(37)34-17-19-8-4-5-9-21(19)26-16-24-22(12-13-23(29(32)38)28(24)35-26)20-10-6-11-25(18(20)2)36-30(39)31-33-14-15-40-31/h4-6,8-16,35H,17H2,1-2H3,(H2,32,38)(H,34,37)(H,36,39). The van der Waals surface area contributed by atoms with Gasteiger partial charge in [0.15, 0.2) is 5.01 Å². The van der Waals surface area contributed by atoms with Crippen LogP contribution in [-0.2, 0) is 11.3 Å². The molecule has 198 valence electrons. The molecule has 5 aromatic rings. The van der Waals surface area contributed by atoms with Gasteiger partial charge in [-0.15, -0.1) is 11.3 Å². The van der Waals surface area contributed by atoms with E-state index in [9.17, 15) is 14.4 Å². The minimum Gasteiger partial charge on any atom is -0.366 e. The van der Waals surface area contributed by atoms with E-state index in [1.165, 1.54) is 11.3 Å². The molecule has 0 spiro atoms. The number of aromatic nitrogens is 2. The quantitative estimate of drug-likeness (QED) is 0.207. The lowest BCUT2D eigenvalue weighted by Crippen LogP contribution is -2.21. The normalized spacial score (nSPS) is 10.6. The number of rotatable bonds is 7. The third-order valence-electron chi connectivity index (χ3n) is 6.54. The molecule has 9 heteroatoms. The maximum Gasteiger partial charge on any atom is 0.296 e. The molecule has 0 atom stereocenters. The van der Waals surface area contributed by atoms with Crippen molar-refractivity contribution in [2.75, 3.05) is 5.32 Å². The molecule has 5 N–H and O–H groups in total. The van der Waals surface area contributed by atoms with Crippen molar-refractivity contribution in [3.05, 3.63) is 93.9 Å². The van der Waals surface area contributed by atoms with E-state index < -0.39 is 5.91 Å². The third-order valence-corrected chi connectivity index (χ3v) is 7.32. The molecule has 40 heavy (non-hydrogen) atoms. The molecule has 0 unspecified atom stereocenters. The number of carbonyl (C=O) groups is 3. The number of hydrogen-bond acceptors (Lipinski definition) is 5. The number of nitrogens with two attached hydrogens (primary N) is 1. The molecule has 0 fully saturated rings. The number of H-pyrrole nitrogens is 1. The SMILES string of the molecule is CC#CC(=O)NCc1ccccc1-c1cc2c(-c3cccc(NC(=O)c4nccs4)c3C)ccc(C(N)=O)c2[nH]1. The molecule has 0 bridgehead atoms. The molecular weight excluding hydrogens is 522 g/mol. The van der Waals surface area contributed by atoms with Crippen molar-refractivity contribution in [1.29, 1.82) is 0 Å². The lowest BCUT2D eigenvalue weighted by atomic mass is 9.94. The first-order valence-corrected chi connectivity index (χ1v) is 13.3. The minimum atomic E-state index is -0.551. The van der Waals surface area contributed by atoms with Crippen LogP contribution in [-0.4, -0.2) is 27.7 Å². The first-order chi connectivity index (χ1) is 19.4. The molecule has 0 aliphatic heterocycles. The molecule has 3 aromatic carbocycles. The van der Waals surface area contributed by atoms with Crippen LogP contribution in [0.1, 0.15) is 38.2 Å². The monoisotopic (exact) mass is 547 g/mol. The lowest BCUT2D eigenvalue weighted by molar-refractivity contribution is -0.115. The summed E-state index contributed by atoms with van der Waals surface area (Å²) in [5.74, 6) is 3.89. The Morgan fingerprint density at radius 2 is 1.82 bits per heavy atom. The highest BCUT2D eigenvalue weighted by atomic mass is 32.1. The van der Waals surface area contributed by atoms with Gasteiger partial charge in [-0.1, -0.05) is 48.4 Å². The summed E-state index contributed by atoms with van der Waals surface area (Å²) in [4.78, 5) is 44.5. The third kappa shape index (κ3) is 5.21. The van der Waals surface area contributed by atoms with Crippen molar-refractivity contribution < 1.29 is 14.4 Å². The molecule has 2 heterocycles. The number of benzene rings is 3. The van der Waals surface area contributed by atoms with Crippen LogP contribution in [0.15, 0.2) is 72.2 Å². The molecule has 0 radical (unpaired) electrons. The van der Waals surface area contributed by atoms with Gasteiger partial charge in [-0.2, -0.15) is 0 Å². The summed E-state index contributed by atoms with van der Waals surface area (Å²) < 4.78 is 0. The van der Waals surface area contributed by atoms with Crippen LogP contribution < -0.4 is 16.4 Å². The Morgan fingerprint density at radius 3 is 2.58 bits per heavy atom. The number of hydrogen-bond donors (Lipinski definition) is 4. The maximum atomic E-state index is 12.7. The summed E-state index contributed by atoms with van der Waals surface area (Å²) in [5, 5.41) is 8.70. The van der Waals surface area contributed by atoms with E-state index in [-0.39, 0.29) is 18.4 Å². The summed E-state index contributed by atoms with van der Waals surface area (Å²) in [5.41, 5.74) is 12.5. The van der Waals surface area contributed by atoms with Gasteiger partial charge < -0.3 is 21.4 Å². The van der Waals surface area contributed by atoms with Crippen LogP contribution >= 0.6 is 11.3 Å². The Hall–Kier alpha value is -5.20. The number of carbonyl (C=O) groups excluding carboxylic acids is 3. The fourth-order valence-electron chi connectivity index (χ4n) is 4.65. The Morgan fingerprint density at radius 1 is 1.02 bits per heavy atom. The topological polar surface area (TPSA) is 130 Å². The van der Waals surface area contributed by atoms with Crippen LogP contribution in [0.2, 0.25) is 0 Å². The number of fused-ring (bicyclic) bond motifs is 1. The van der Waals surface area contributed by atoms with Crippen LogP contribution in [0.25, 0.3) is 33.3 Å². The second kappa shape index (κ2) is 11.3. The fraction of sp³-hybridized carbons (Fsp3) is 0.0968. The van der Waals surface area contributed by atoms with Gasteiger partial charge in [0.1, 0.15) is 0 Å². The predicted molar refractivity (Wildman–Crippen MR) is 158 cm³/mol. The number of aromatic amines is 1. The zero-order valence-electron chi connectivity index (χ0n) is 21.8. The number of primary amides is 1. The largest absolute Gasteiger partial charge is 0.366 e. The van der Waals surface area contributed by atoms with Crippen LogP contribution in [0, 0.1) is 18.8 Å². The predicted octanol–water partition coefficient (Wildman–Crippen LogP) is 5.26.